The molecule has 0 aromatic heterocycles. The van der Waals surface area contributed by atoms with E-state index in [0.29, 0.717) is 5.41 Å². The van der Waals surface area contributed by atoms with Gasteiger partial charge in [-0.05, 0) is 31.1 Å². The van der Waals surface area contributed by atoms with Crippen LogP contribution in [0.4, 0.5) is 0 Å². The van der Waals surface area contributed by atoms with Crippen molar-refractivity contribution in [2.24, 2.45) is 5.41 Å². The topological polar surface area (TPSA) is 21.3 Å². The van der Waals surface area contributed by atoms with Crippen LogP contribution in [0, 0.1) is 5.41 Å². The van der Waals surface area contributed by atoms with Crippen LogP contribution in [0.2, 0.25) is 0 Å². The fraction of sp³-hybridized carbons (Fsp3) is 1.00. The first-order valence-corrected chi connectivity index (χ1v) is 6.45. The molecule has 2 nitrogen and oxygen atoms in total. The molecule has 0 saturated heterocycles. The third kappa shape index (κ3) is 5.53. The highest BCUT2D eigenvalue weighted by atomic mass is 16.5. The lowest BCUT2D eigenvalue weighted by Gasteiger charge is -2.35. The average molecular weight is 213 g/mol. The molecule has 1 aliphatic rings. The number of hydrogen-bond acceptors (Lipinski definition) is 2. The molecule has 1 atom stereocenters. The van der Waals surface area contributed by atoms with Crippen LogP contribution in [-0.2, 0) is 4.74 Å². The molecule has 2 heteroatoms. The van der Waals surface area contributed by atoms with Gasteiger partial charge in [-0.15, -0.1) is 0 Å². The summed E-state index contributed by atoms with van der Waals surface area (Å²) in [5.74, 6) is 0. The molecule has 0 aromatic carbocycles. The first-order chi connectivity index (χ1) is 7.14. The Hall–Kier alpha value is -0.0800. The van der Waals surface area contributed by atoms with Gasteiger partial charge >= 0.3 is 0 Å². The van der Waals surface area contributed by atoms with Gasteiger partial charge in [0.25, 0.3) is 0 Å². The van der Waals surface area contributed by atoms with Gasteiger partial charge in [0.05, 0.1) is 6.61 Å². The van der Waals surface area contributed by atoms with Crippen molar-refractivity contribution < 1.29 is 4.74 Å². The molecule has 0 bridgehead atoms. The highest BCUT2D eigenvalue weighted by Crippen LogP contribution is 2.34. The van der Waals surface area contributed by atoms with Crippen LogP contribution in [0.1, 0.15) is 52.9 Å². The summed E-state index contributed by atoms with van der Waals surface area (Å²) in [5.41, 5.74) is 0.542. The third-order valence-corrected chi connectivity index (χ3v) is 3.23. The van der Waals surface area contributed by atoms with Crippen LogP contribution >= 0.6 is 0 Å². The van der Waals surface area contributed by atoms with Crippen molar-refractivity contribution in [2.75, 3.05) is 19.8 Å². The Bertz CT molecular complexity index is 168. The number of hydrogen-bond donors (Lipinski definition) is 1. The Morgan fingerprint density at radius 1 is 1.33 bits per heavy atom. The summed E-state index contributed by atoms with van der Waals surface area (Å²) in [7, 11) is 0. The predicted molar refractivity (Wildman–Crippen MR) is 65.1 cm³/mol. The lowest BCUT2D eigenvalue weighted by Crippen LogP contribution is -2.38. The zero-order valence-electron chi connectivity index (χ0n) is 10.6. The third-order valence-electron chi connectivity index (χ3n) is 3.23. The number of ether oxygens (including phenoxy) is 1. The van der Waals surface area contributed by atoms with Crippen molar-refractivity contribution in [3.05, 3.63) is 0 Å². The van der Waals surface area contributed by atoms with Crippen LogP contribution < -0.4 is 5.32 Å². The standard InChI is InChI=1S/C13H27NO/c1-4-9-15-10-8-14-12-6-5-7-13(2,3)11-12/h12,14H,4-11H2,1-3H3. The molecule has 1 N–H and O–H groups in total. The van der Waals surface area contributed by atoms with Crippen molar-refractivity contribution in [3.8, 4) is 0 Å². The Morgan fingerprint density at radius 3 is 2.80 bits per heavy atom. The lowest BCUT2D eigenvalue weighted by molar-refractivity contribution is 0.126. The largest absolute Gasteiger partial charge is 0.380 e. The Labute approximate surface area is 94.8 Å². The van der Waals surface area contributed by atoms with E-state index in [-0.39, 0.29) is 0 Å². The first-order valence-electron chi connectivity index (χ1n) is 6.45. The van der Waals surface area contributed by atoms with E-state index in [1.165, 1.54) is 25.7 Å². The normalized spacial score (nSPS) is 25.4. The molecular formula is C13H27NO. The van der Waals surface area contributed by atoms with Gasteiger partial charge in [-0.1, -0.05) is 27.2 Å². The summed E-state index contributed by atoms with van der Waals surface area (Å²) < 4.78 is 5.46. The molecular weight excluding hydrogens is 186 g/mol. The maximum atomic E-state index is 5.46. The van der Waals surface area contributed by atoms with E-state index in [2.05, 4.69) is 26.1 Å². The van der Waals surface area contributed by atoms with E-state index in [4.69, 9.17) is 4.74 Å². The summed E-state index contributed by atoms with van der Waals surface area (Å²) in [6.07, 6.45) is 6.55. The molecule has 0 aliphatic heterocycles. The summed E-state index contributed by atoms with van der Waals surface area (Å²) in [6, 6.07) is 0.721. The van der Waals surface area contributed by atoms with Gasteiger partial charge in [-0.3, -0.25) is 0 Å². The van der Waals surface area contributed by atoms with Crippen LogP contribution in [-0.4, -0.2) is 25.8 Å². The minimum absolute atomic E-state index is 0.542. The van der Waals surface area contributed by atoms with Crippen LogP contribution in [0.15, 0.2) is 0 Å². The maximum absolute atomic E-state index is 5.46. The highest BCUT2D eigenvalue weighted by Gasteiger charge is 2.27. The monoisotopic (exact) mass is 213 g/mol. The van der Waals surface area contributed by atoms with E-state index in [1.54, 1.807) is 0 Å². The molecule has 0 heterocycles. The van der Waals surface area contributed by atoms with E-state index < -0.39 is 0 Å². The van der Waals surface area contributed by atoms with Crippen molar-refractivity contribution in [1.82, 2.24) is 5.32 Å². The minimum atomic E-state index is 0.542. The van der Waals surface area contributed by atoms with E-state index in [0.717, 1.165) is 32.2 Å². The molecule has 0 spiro atoms. The van der Waals surface area contributed by atoms with E-state index in [1.807, 2.05) is 0 Å². The Morgan fingerprint density at radius 2 is 2.13 bits per heavy atom. The first kappa shape index (κ1) is 13.0. The SMILES string of the molecule is CCCOCCNC1CCCC(C)(C)C1. The van der Waals surface area contributed by atoms with Gasteiger partial charge in [0.15, 0.2) is 0 Å². The van der Waals surface area contributed by atoms with Gasteiger partial charge in [0, 0.05) is 19.2 Å². The molecule has 90 valence electrons. The summed E-state index contributed by atoms with van der Waals surface area (Å²) >= 11 is 0. The van der Waals surface area contributed by atoms with Gasteiger partial charge in [0.2, 0.25) is 0 Å². The fourth-order valence-electron chi connectivity index (χ4n) is 2.45. The van der Waals surface area contributed by atoms with E-state index >= 15 is 0 Å². The minimum Gasteiger partial charge on any atom is -0.380 e. The van der Waals surface area contributed by atoms with Crippen molar-refractivity contribution >= 4 is 0 Å². The second kappa shape index (κ2) is 6.49. The zero-order valence-corrected chi connectivity index (χ0v) is 10.6. The number of rotatable bonds is 6. The summed E-state index contributed by atoms with van der Waals surface area (Å²) in [4.78, 5) is 0. The summed E-state index contributed by atoms with van der Waals surface area (Å²) in [6.45, 7) is 9.70. The van der Waals surface area contributed by atoms with Gasteiger partial charge < -0.3 is 10.1 Å². The van der Waals surface area contributed by atoms with Crippen LogP contribution in [0.3, 0.4) is 0 Å². The van der Waals surface area contributed by atoms with Crippen LogP contribution in [0.5, 0.6) is 0 Å². The molecule has 15 heavy (non-hydrogen) atoms. The zero-order chi connectivity index (χ0) is 11.1. The number of nitrogens with one attached hydrogen (secondary N) is 1. The molecule has 0 aromatic rings. The van der Waals surface area contributed by atoms with Crippen molar-refractivity contribution in [3.63, 3.8) is 0 Å². The summed E-state index contributed by atoms with van der Waals surface area (Å²) in [5, 5.41) is 3.61. The quantitative estimate of drug-likeness (QED) is 0.685. The van der Waals surface area contributed by atoms with Crippen molar-refractivity contribution in [2.45, 2.75) is 58.9 Å². The Balaban J connectivity index is 2.05. The average Bonchev–Trinajstić information content (AvgIpc) is 2.16. The molecule has 0 amide bonds. The van der Waals surface area contributed by atoms with Crippen molar-refractivity contribution in [1.29, 1.82) is 0 Å². The Kier molecular flexibility index (Phi) is 5.62. The van der Waals surface area contributed by atoms with Gasteiger partial charge in [0.1, 0.15) is 0 Å². The molecule has 1 unspecified atom stereocenters. The smallest absolute Gasteiger partial charge is 0.0590 e. The maximum Gasteiger partial charge on any atom is 0.0590 e. The fourth-order valence-corrected chi connectivity index (χ4v) is 2.45. The molecule has 1 saturated carbocycles. The molecule has 1 aliphatic carbocycles. The lowest BCUT2D eigenvalue weighted by atomic mass is 9.75. The van der Waals surface area contributed by atoms with Gasteiger partial charge in [-0.2, -0.15) is 0 Å². The second-order valence-corrected chi connectivity index (χ2v) is 5.52. The second-order valence-electron chi connectivity index (χ2n) is 5.52. The highest BCUT2D eigenvalue weighted by molar-refractivity contribution is 4.83. The molecule has 1 fully saturated rings. The van der Waals surface area contributed by atoms with E-state index in [9.17, 15) is 0 Å². The predicted octanol–water partition coefficient (Wildman–Crippen LogP) is 2.97. The van der Waals surface area contributed by atoms with Crippen LogP contribution in [0.25, 0.3) is 0 Å². The molecule has 0 radical (unpaired) electrons. The molecule has 1 rings (SSSR count). The van der Waals surface area contributed by atoms with Gasteiger partial charge in [-0.25, -0.2) is 0 Å².